The molecule has 1 heterocycles. The molecule has 0 unspecified atom stereocenters. The van der Waals surface area contributed by atoms with Gasteiger partial charge in [-0.3, -0.25) is 4.79 Å². The van der Waals surface area contributed by atoms with Crippen molar-refractivity contribution >= 4 is 23.0 Å². The van der Waals surface area contributed by atoms with Gasteiger partial charge >= 0.3 is 0 Å². The van der Waals surface area contributed by atoms with E-state index in [0.29, 0.717) is 11.1 Å². The Morgan fingerprint density at radius 1 is 1.22 bits per heavy atom. The van der Waals surface area contributed by atoms with Crippen LogP contribution in [0.5, 0.6) is 11.5 Å². The van der Waals surface area contributed by atoms with Crippen LogP contribution in [0.4, 0.5) is 0 Å². The number of nitrogens with one attached hydrogen (secondary N) is 1. The Hall–Kier alpha value is -3.28. The predicted molar refractivity (Wildman–Crippen MR) is 87.8 cm³/mol. The van der Waals surface area contributed by atoms with Crippen molar-refractivity contribution in [3.63, 3.8) is 0 Å². The Kier molecular flexibility index (Phi) is 3.72. The van der Waals surface area contributed by atoms with E-state index >= 15 is 0 Å². The first kappa shape index (κ1) is 14.6. The summed E-state index contributed by atoms with van der Waals surface area (Å²) in [5.74, 6) is -0.496. The van der Waals surface area contributed by atoms with Crippen LogP contribution in [0.3, 0.4) is 0 Å². The molecule has 0 saturated carbocycles. The minimum Gasteiger partial charge on any atom is -0.508 e. The Morgan fingerprint density at radius 2 is 2.00 bits per heavy atom. The molecule has 0 spiro atoms. The number of benzene rings is 2. The Balaban J connectivity index is 1.80. The number of phenols is 2. The van der Waals surface area contributed by atoms with E-state index in [4.69, 9.17) is 0 Å². The Morgan fingerprint density at radius 3 is 2.78 bits per heavy atom. The number of rotatable bonds is 3. The van der Waals surface area contributed by atoms with E-state index in [9.17, 15) is 15.0 Å². The fraction of sp³-hybridized carbons (Fsp3) is 0.0588. The SMILES string of the molecule is Cn1cc(C(=O)NN=Cc2ccc(O)cc2O)c2ccccc21. The van der Waals surface area contributed by atoms with Gasteiger partial charge in [0.1, 0.15) is 11.5 Å². The third kappa shape index (κ3) is 2.87. The number of hydrogen-bond donors (Lipinski definition) is 3. The maximum atomic E-state index is 12.3. The average molecular weight is 309 g/mol. The van der Waals surface area contributed by atoms with E-state index in [1.165, 1.54) is 24.4 Å². The van der Waals surface area contributed by atoms with Crippen LogP contribution >= 0.6 is 0 Å². The van der Waals surface area contributed by atoms with Gasteiger partial charge in [0.25, 0.3) is 5.91 Å². The monoisotopic (exact) mass is 309 g/mol. The van der Waals surface area contributed by atoms with Crippen molar-refractivity contribution in [2.45, 2.75) is 0 Å². The van der Waals surface area contributed by atoms with Crippen LogP contribution in [-0.4, -0.2) is 26.9 Å². The summed E-state index contributed by atoms with van der Waals surface area (Å²) >= 11 is 0. The second kappa shape index (κ2) is 5.84. The smallest absolute Gasteiger partial charge is 0.273 e. The highest BCUT2D eigenvalue weighted by Crippen LogP contribution is 2.21. The molecule has 0 bridgehead atoms. The summed E-state index contributed by atoms with van der Waals surface area (Å²) in [6.45, 7) is 0. The third-order valence-corrected chi connectivity index (χ3v) is 3.53. The standard InChI is InChI=1S/C17H15N3O3/c1-20-10-14(13-4-2-3-5-15(13)20)17(23)19-18-9-11-6-7-12(21)8-16(11)22/h2-10,21-22H,1H3,(H,19,23). The van der Waals surface area contributed by atoms with Crippen LogP contribution in [0, 0.1) is 0 Å². The van der Waals surface area contributed by atoms with Crippen molar-refractivity contribution < 1.29 is 15.0 Å². The molecule has 3 rings (SSSR count). The lowest BCUT2D eigenvalue weighted by molar-refractivity contribution is 0.0956. The van der Waals surface area contributed by atoms with Crippen molar-refractivity contribution in [1.29, 1.82) is 0 Å². The zero-order valence-corrected chi connectivity index (χ0v) is 12.4. The number of para-hydroxylation sites is 1. The number of fused-ring (bicyclic) bond motifs is 1. The largest absolute Gasteiger partial charge is 0.508 e. The van der Waals surface area contributed by atoms with Gasteiger partial charge in [-0.2, -0.15) is 5.10 Å². The number of phenolic OH excluding ortho intramolecular Hbond substituents is 2. The molecule has 0 fully saturated rings. The van der Waals surface area contributed by atoms with Crippen LogP contribution < -0.4 is 5.43 Å². The predicted octanol–water partition coefficient (Wildman–Crippen LogP) is 2.35. The number of aryl methyl sites for hydroxylation is 1. The number of carbonyl (C=O) groups is 1. The molecule has 116 valence electrons. The Bertz CT molecular complexity index is 913. The van der Waals surface area contributed by atoms with Gasteiger partial charge in [0.15, 0.2) is 0 Å². The molecule has 1 amide bonds. The number of carbonyl (C=O) groups excluding carboxylic acids is 1. The lowest BCUT2D eigenvalue weighted by atomic mass is 10.2. The number of amides is 1. The fourth-order valence-electron chi connectivity index (χ4n) is 2.38. The number of aromatic hydroxyl groups is 2. The molecule has 3 aromatic rings. The highest BCUT2D eigenvalue weighted by Gasteiger charge is 2.12. The summed E-state index contributed by atoms with van der Waals surface area (Å²) in [5, 5.41) is 23.6. The van der Waals surface area contributed by atoms with Crippen LogP contribution in [0.15, 0.2) is 53.8 Å². The maximum absolute atomic E-state index is 12.3. The minimum atomic E-state index is -0.337. The molecule has 0 aliphatic heterocycles. The molecule has 0 aliphatic rings. The molecule has 0 aliphatic carbocycles. The summed E-state index contributed by atoms with van der Waals surface area (Å²) in [6, 6.07) is 11.7. The van der Waals surface area contributed by atoms with E-state index in [2.05, 4.69) is 10.5 Å². The summed E-state index contributed by atoms with van der Waals surface area (Å²) < 4.78 is 1.87. The lowest BCUT2D eigenvalue weighted by Crippen LogP contribution is -2.17. The van der Waals surface area contributed by atoms with Crippen LogP contribution in [0.2, 0.25) is 0 Å². The second-order valence-electron chi connectivity index (χ2n) is 5.11. The molecule has 1 aromatic heterocycles. The van der Waals surface area contributed by atoms with Crippen molar-refractivity contribution in [3.8, 4) is 11.5 Å². The molecule has 0 saturated heterocycles. The van der Waals surface area contributed by atoms with Crippen LogP contribution in [0.1, 0.15) is 15.9 Å². The topological polar surface area (TPSA) is 86.9 Å². The van der Waals surface area contributed by atoms with Crippen molar-refractivity contribution in [2.75, 3.05) is 0 Å². The van der Waals surface area contributed by atoms with Gasteiger partial charge < -0.3 is 14.8 Å². The summed E-state index contributed by atoms with van der Waals surface area (Å²) in [5.41, 5.74) is 4.31. The van der Waals surface area contributed by atoms with E-state index in [1.54, 1.807) is 6.20 Å². The highest BCUT2D eigenvalue weighted by molar-refractivity contribution is 6.07. The molecule has 2 aromatic carbocycles. The first-order valence-electron chi connectivity index (χ1n) is 6.95. The molecule has 0 atom stereocenters. The molecule has 6 nitrogen and oxygen atoms in total. The van der Waals surface area contributed by atoms with Crippen LogP contribution in [0.25, 0.3) is 10.9 Å². The van der Waals surface area contributed by atoms with E-state index < -0.39 is 0 Å². The minimum absolute atomic E-state index is 0.0422. The average Bonchev–Trinajstić information content (AvgIpc) is 2.87. The quantitative estimate of drug-likeness (QED) is 0.513. The lowest BCUT2D eigenvalue weighted by Gasteiger charge is -2.00. The first-order valence-corrected chi connectivity index (χ1v) is 6.95. The first-order chi connectivity index (χ1) is 11.1. The summed E-state index contributed by atoms with van der Waals surface area (Å²) in [7, 11) is 1.87. The molecular formula is C17H15N3O3. The van der Waals surface area contributed by atoms with Gasteiger partial charge in [-0.25, -0.2) is 5.43 Å². The maximum Gasteiger partial charge on any atom is 0.273 e. The van der Waals surface area contributed by atoms with Gasteiger partial charge in [-0.15, -0.1) is 0 Å². The number of hydrazone groups is 1. The van der Waals surface area contributed by atoms with E-state index in [0.717, 1.165) is 10.9 Å². The highest BCUT2D eigenvalue weighted by atomic mass is 16.3. The van der Waals surface area contributed by atoms with Gasteiger partial charge in [0, 0.05) is 35.8 Å². The molecule has 6 heteroatoms. The normalized spacial score (nSPS) is 11.2. The van der Waals surface area contributed by atoms with Gasteiger partial charge in [-0.05, 0) is 18.2 Å². The zero-order valence-electron chi connectivity index (χ0n) is 12.4. The van der Waals surface area contributed by atoms with E-state index in [1.807, 2.05) is 35.9 Å². The molecule has 3 N–H and O–H groups in total. The molecule has 0 radical (unpaired) electrons. The Labute approximate surface area is 132 Å². The molecule has 23 heavy (non-hydrogen) atoms. The third-order valence-electron chi connectivity index (χ3n) is 3.53. The van der Waals surface area contributed by atoms with Crippen molar-refractivity contribution in [2.24, 2.45) is 12.1 Å². The van der Waals surface area contributed by atoms with Crippen LogP contribution in [-0.2, 0) is 7.05 Å². The number of hydrogen-bond acceptors (Lipinski definition) is 4. The van der Waals surface area contributed by atoms with E-state index in [-0.39, 0.29) is 17.4 Å². The van der Waals surface area contributed by atoms with Gasteiger partial charge in [0.05, 0.1) is 11.8 Å². The fourth-order valence-corrected chi connectivity index (χ4v) is 2.38. The number of aromatic nitrogens is 1. The summed E-state index contributed by atoms with van der Waals surface area (Å²) in [4.78, 5) is 12.3. The van der Waals surface area contributed by atoms with Gasteiger partial charge in [-0.1, -0.05) is 18.2 Å². The van der Waals surface area contributed by atoms with Crippen molar-refractivity contribution in [1.82, 2.24) is 9.99 Å². The zero-order chi connectivity index (χ0) is 16.4. The molecular weight excluding hydrogens is 294 g/mol. The van der Waals surface area contributed by atoms with Gasteiger partial charge in [0.2, 0.25) is 0 Å². The second-order valence-corrected chi connectivity index (χ2v) is 5.11. The summed E-state index contributed by atoms with van der Waals surface area (Å²) in [6.07, 6.45) is 3.06. The number of nitrogens with zero attached hydrogens (tertiary/aromatic N) is 2. The van der Waals surface area contributed by atoms with Crippen molar-refractivity contribution in [3.05, 3.63) is 59.8 Å².